The number of hydrogen-bond acceptors (Lipinski definition) is 4. The van der Waals surface area contributed by atoms with Crippen molar-refractivity contribution in [1.29, 1.82) is 0 Å². The summed E-state index contributed by atoms with van der Waals surface area (Å²) in [6.07, 6.45) is 0. The molecule has 0 bridgehead atoms. The van der Waals surface area contributed by atoms with Crippen LogP contribution in [0.2, 0.25) is 0 Å². The maximum Gasteiger partial charge on any atom is 1.00 e. The number of nitrogens with zero attached hydrogens (tertiary/aromatic N) is 1. The minimum absolute atomic E-state index is 0. The maximum atomic E-state index is 8.95. The fourth-order valence-electron chi connectivity index (χ4n) is 0.671. The SMILES string of the molecule is CCN(CC)CC.O=S(=O)(O)Cl.[Na+].[OH-]. The summed E-state index contributed by atoms with van der Waals surface area (Å²) in [6, 6.07) is 0. The van der Waals surface area contributed by atoms with Gasteiger partial charge in [0, 0.05) is 10.7 Å². The first-order chi connectivity index (χ1) is 5.35. The molecular formula is C6H17ClNNaO4S. The fraction of sp³-hybridized carbons (Fsp3) is 1.00. The Bertz CT molecular complexity index is 171. The van der Waals surface area contributed by atoms with Crippen LogP contribution in [0.3, 0.4) is 0 Å². The molecule has 0 spiro atoms. The minimum Gasteiger partial charge on any atom is -0.870 e. The van der Waals surface area contributed by atoms with Crippen LogP contribution in [0.25, 0.3) is 0 Å². The number of rotatable bonds is 3. The van der Waals surface area contributed by atoms with Gasteiger partial charge in [0.2, 0.25) is 0 Å². The molecule has 8 heteroatoms. The molecule has 0 saturated heterocycles. The largest absolute Gasteiger partial charge is 1.00 e. The first kappa shape index (κ1) is 24.4. The first-order valence-corrected chi connectivity index (χ1v) is 6.01. The summed E-state index contributed by atoms with van der Waals surface area (Å²) in [7, 11) is -0.137. The predicted molar refractivity (Wildman–Crippen MR) is 52.8 cm³/mol. The van der Waals surface area contributed by atoms with Gasteiger partial charge in [-0.25, -0.2) is 0 Å². The van der Waals surface area contributed by atoms with E-state index in [1.54, 1.807) is 0 Å². The molecule has 0 saturated carbocycles. The predicted octanol–water partition coefficient (Wildman–Crippen LogP) is -1.80. The molecule has 0 aliphatic rings. The van der Waals surface area contributed by atoms with Crippen LogP contribution >= 0.6 is 10.7 Å². The third kappa shape index (κ3) is 38.0. The molecule has 0 rings (SSSR count). The Morgan fingerprint density at radius 2 is 1.29 bits per heavy atom. The van der Waals surface area contributed by atoms with E-state index in [4.69, 9.17) is 13.0 Å². The van der Waals surface area contributed by atoms with Crippen molar-refractivity contribution in [2.75, 3.05) is 19.6 Å². The molecule has 14 heavy (non-hydrogen) atoms. The van der Waals surface area contributed by atoms with Gasteiger partial charge in [0.05, 0.1) is 0 Å². The summed E-state index contributed by atoms with van der Waals surface area (Å²) in [5.74, 6) is 0. The van der Waals surface area contributed by atoms with Crippen LogP contribution in [0.1, 0.15) is 20.8 Å². The summed E-state index contributed by atoms with van der Waals surface area (Å²) in [5, 5.41) is 0. The van der Waals surface area contributed by atoms with E-state index >= 15 is 0 Å². The van der Waals surface area contributed by atoms with E-state index in [1.165, 1.54) is 19.6 Å². The Morgan fingerprint density at radius 3 is 1.29 bits per heavy atom. The van der Waals surface area contributed by atoms with Crippen molar-refractivity contribution in [2.24, 2.45) is 0 Å². The molecule has 0 unspecified atom stereocenters. The Hall–Kier alpha value is 1.12. The summed E-state index contributed by atoms with van der Waals surface area (Å²) in [6.45, 7) is 10.1. The van der Waals surface area contributed by atoms with Gasteiger partial charge in [-0.3, -0.25) is 4.55 Å². The van der Waals surface area contributed by atoms with Crippen LogP contribution < -0.4 is 29.6 Å². The van der Waals surface area contributed by atoms with Crippen molar-refractivity contribution in [3.63, 3.8) is 0 Å². The van der Waals surface area contributed by atoms with Gasteiger partial charge < -0.3 is 10.4 Å². The normalized spacial score (nSPS) is 9.29. The maximum absolute atomic E-state index is 8.95. The van der Waals surface area contributed by atoms with E-state index in [9.17, 15) is 0 Å². The van der Waals surface area contributed by atoms with Crippen LogP contribution in [0, 0.1) is 0 Å². The molecule has 0 aliphatic heterocycles. The smallest absolute Gasteiger partial charge is 0.870 e. The molecule has 5 nitrogen and oxygen atoms in total. The Kier molecular flexibility index (Phi) is 24.6. The van der Waals surface area contributed by atoms with E-state index < -0.39 is 9.33 Å². The van der Waals surface area contributed by atoms with Crippen molar-refractivity contribution in [3.8, 4) is 0 Å². The topological polar surface area (TPSA) is 87.6 Å². The van der Waals surface area contributed by atoms with E-state index in [0.29, 0.717) is 0 Å². The second kappa shape index (κ2) is 14.1. The molecule has 0 aromatic carbocycles. The average molecular weight is 258 g/mol. The van der Waals surface area contributed by atoms with Crippen molar-refractivity contribution in [3.05, 3.63) is 0 Å². The van der Waals surface area contributed by atoms with Gasteiger partial charge in [0.1, 0.15) is 0 Å². The Balaban J connectivity index is -0.0000000651. The van der Waals surface area contributed by atoms with Crippen LogP contribution in [-0.4, -0.2) is 43.0 Å². The van der Waals surface area contributed by atoms with Gasteiger partial charge in [0.15, 0.2) is 0 Å². The first-order valence-electron chi connectivity index (χ1n) is 3.74. The summed E-state index contributed by atoms with van der Waals surface area (Å²) in [4.78, 5) is 2.38. The van der Waals surface area contributed by atoms with Crippen LogP contribution in [0.15, 0.2) is 0 Å². The summed E-state index contributed by atoms with van der Waals surface area (Å²) < 4.78 is 25.2. The third-order valence-electron chi connectivity index (χ3n) is 1.34. The second-order valence-corrected chi connectivity index (χ2v) is 4.03. The van der Waals surface area contributed by atoms with Crippen molar-refractivity contribution < 1.29 is 48.0 Å². The molecular weight excluding hydrogens is 241 g/mol. The van der Waals surface area contributed by atoms with E-state index in [-0.39, 0.29) is 35.0 Å². The van der Waals surface area contributed by atoms with E-state index in [2.05, 4.69) is 36.4 Å². The molecule has 0 aromatic heterocycles. The zero-order valence-corrected chi connectivity index (χ0v) is 12.6. The van der Waals surface area contributed by atoms with Crippen molar-refractivity contribution >= 4 is 20.0 Å². The van der Waals surface area contributed by atoms with Gasteiger partial charge in [-0.15, -0.1) is 0 Å². The molecule has 0 heterocycles. The van der Waals surface area contributed by atoms with Gasteiger partial charge in [0.25, 0.3) is 0 Å². The number of halogens is 1. The molecule has 0 aliphatic carbocycles. The van der Waals surface area contributed by atoms with Gasteiger partial charge in [-0.2, -0.15) is 8.42 Å². The molecule has 0 fully saturated rings. The van der Waals surface area contributed by atoms with Gasteiger partial charge in [-0.05, 0) is 19.6 Å². The zero-order valence-electron chi connectivity index (χ0n) is 9.07. The summed E-state index contributed by atoms with van der Waals surface area (Å²) in [5.41, 5.74) is 0. The third-order valence-corrected chi connectivity index (χ3v) is 1.34. The minimum atomic E-state index is -4.19. The van der Waals surface area contributed by atoms with E-state index in [1.807, 2.05) is 0 Å². The van der Waals surface area contributed by atoms with Crippen molar-refractivity contribution in [1.82, 2.24) is 4.90 Å². The average Bonchev–Trinajstić information content (AvgIpc) is 1.88. The molecule has 0 atom stereocenters. The summed E-state index contributed by atoms with van der Waals surface area (Å²) >= 11 is 0. The molecule has 84 valence electrons. The van der Waals surface area contributed by atoms with Crippen LogP contribution in [0.4, 0.5) is 0 Å². The quantitative estimate of drug-likeness (QED) is 0.366. The molecule has 2 N–H and O–H groups in total. The van der Waals surface area contributed by atoms with Crippen LogP contribution in [0.5, 0.6) is 0 Å². The standard InChI is InChI=1S/C6H15N.ClHO3S.Na.H2O/c1-4-7(5-2)6-3;1-5(2,3)4;;/h4-6H2,1-3H3;(H,2,3,4);;1H2/q;;+1;/p-1. The van der Waals surface area contributed by atoms with E-state index in [0.717, 1.165) is 0 Å². The molecule has 0 amide bonds. The van der Waals surface area contributed by atoms with Crippen LogP contribution in [-0.2, 0) is 9.33 Å². The second-order valence-electron chi connectivity index (χ2n) is 2.03. The number of hydrogen-bond donors (Lipinski definition) is 1. The zero-order chi connectivity index (χ0) is 10.2. The fourth-order valence-corrected chi connectivity index (χ4v) is 0.671. The monoisotopic (exact) mass is 257 g/mol. The van der Waals surface area contributed by atoms with Gasteiger partial charge in [-0.1, -0.05) is 20.8 Å². The Morgan fingerprint density at radius 1 is 1.14 bits per heavy atom. The van der Waals surface area contributed by atoms with Crippen molar-refractivity contribution in [2.45, 2.75) is 20.8 Å². The molecule has 0 radical (unpaired) electrons. The molecule has 0 aromatic rings. The Labute approximate surface area is 113 Å². The van der Waals surface area contributed by atoms with Gasteiger partial charge >= 0.3 is 38.9 Å².